The molecule has 1 fully saturated rings. The van der Waals surface area contributed by atoms with Crippen molar-refractivity contribution in [1.82, 2.24) is 15.1 Å². The number of aromatic nitrogens is 2. The van der Waals surface area contributed by atoms with Crippen LogP contribution in [0.1, 0.15) is 5.56 Å². The molecule has 1 aliphatic heterocycles. The molecule has 1 amide bonds. The van der Waals surface area contributed by atoms with Gasteiger partial charge in [-0.15, -0.1) is 10.2 Å². The van der Waals surface area contributed by atoms with Crippen molar-refractivity contribution in [3.63, 3.8) is 0 Å². The minimum atomic E-state index is -0.351. The molecule has 1 aliphatic rings. The van der Waals surface area contributed by atoms with Crippen LogP contribution in [0, 0.1) is 11.6 Å². The van der Waals surface area contributed by atoms with E-state index in [1.165, 1.54) is 18.2 Å². The molecule has 1 saturated heterocycles. The van der Waals surface area contributed by atoms with Crippen LogP contribution in [0.4, 0.5) is 14.6 Å². The Balaban J connectivity index is 1.35. The summed E-state index contributed by atoms with van der Waals surface area (Å²) in [6.45, 7) is 2.37. The highest BCUT2D eigenvalue weighted by Gasteiger charge is 2.23. The third kappa shape index (κ3) is 4.39. The minimum absolute atomic E-state index is 0.0683. The van der Waals surface area contributed by atoms with Gasteiger partial charge in [0.05, 0.1) is 12.1 Å². The number of benzene rings is 2. The van der Waals surface area contributed by atoms with E-state index >= 15 is 0 Å². The maximum absolute atomic E-state index is 13.8. The summed E-state index contributed by atoms with van der Waals surface area (Å²) >= 11 is 0. The highest BCUT2D eigenvalue weighted by atomic mass is 19.1. The van der Waals surface area contributed by atoms with Gasteiger partial charge in [-0.3, -0.25) is 4.79 Å². The Hall–Kier alpha value is -3.35. The molecule has 0 spiro atoms. The van der Waals surface area contributed by atoms with Gasteiger partial charge in [0.1, 0.15) is 11.6 Å². The van der Waals surface area contributed by atoms with E-state index in [-0.39, 0.29) is 24.0 Å². The predicted molar refractivity (Wildman–Crippen MR) is 106 cm³/mol. The number of halogens is 2. The number of amides is 1. The number of nitrogens with zero attached hydrogens (tertiary/aromatic N) is 4. The van der Waals surface area contributed by atoms with Gasteiger partial charge in [0.2, 0.25) is 5.91 Å². The summed E-state index contributed by atoms with van der Waals surface area (Å²) in [6, 6.07) is 16.2. The molecule has 0 bridgehead atoms. The third-order valence-corrected chi connectivity index (χ3v) is 5.05. The van der Waals surface area contributed by atoms with Crippen LogP contribution >= 0.6 is 0 Å². The molecule has 2 aromatic carbocycles. The van der Waals surface area contributed by atoms with Gasteiger partial charge in [-0.05, 0) is 48.0 Å². The summed E-state index contributed by atoms with van der Waals surface area (Å²) in [5, 5.41) is 8.52. The summed E-state index contributed by atoms with van der Waals surface area (Å²) in [4.78, 5) is 16.3. The number of hydrogen-bond acceptors (Lipinski definition) is 4. The van der Waals surface area contributed by atoms with Gasteiger partial charge >= 0.3 is 0 Å². The first-order valence-corrected chi connectivity index (χ1v) is 9.46. The molecular weight excluding hydrogens is 374 g/mol. The topological polar surface area (TPSA) is 49.3 Å². The first-order chi connectivity index (χ1) is 14.1. The molecule has 0 aliphatic carbocycles. The smallest absolute Gasteiger partial charge is 0.227 e. The lowest BCUT2D eigenvalue weighted by molar-refractivity contribution is -0.130. The second-order valence-electron chi connectivity index (χ2n) is 6.92. The molecule has 0 radical (unpaired) electrons. The fraction of sp³-hybridized carbons (Fsp3) is 0.227. The van der Waals surface area contributed by atoms with Crippen molar-refractivity contribution >= 4 is 11.7 Å². The zero-order valence-electron chi connectivity index (χ0n) is 15.8. The number of piperazine rings is 1. The van der Waals surface area contributed by atoms with Crippen molar-refractivity contribution < 1.29 is 13.6 Å². The standard InChI is InChI=1S/C22H20F2N4O/c23-18-7-5-16(6-8-18)20-9-10-21(26-25-20)27-11-13-28(14-12-27)22(29)15-17-3-1-2-4-19(17)24/h1-10H,11-15H2. The Morgan fingerprint density at radius 3 is 2.24 bits per heavy atom. The van der Waals surface area contributed by atoms with Crippen LogP contribution < -0.4 is 4.90 Å². The van der Waals surface area contributed by atoms with Gasteiger partial charge in [-0.25, -0.2) is 8.78 Å². The highest BCUT2D eigenvalue weighted by Crippen LogP contribution is 2.20. The number of rotatable bonds is 4. The van der Waals surface area contributed by atoms with Crippen LogP contribution in [-0.4, -0.2) is 47.2 Å². The van der Waals surface area contributed by atoms with E-state index in [1.807, 2.05) is 12.1 Å². The van der Waals surface area contributed by atoms with E-state index in [0.29, 0.717) is 37.4 Å². The normalized spacial score (nSPS) is 14.1. The fourth-order valence-electron chi connectivity index (χ4n) is 3.37. The van der Waals surface area contributed by atoms with Crippen molar-refractivity contribution in [3.8, 4) is 11.3 Å². The van der Waals surface area contributed by atoms with E-state index in [1.54, 1.807) is 35.2 Å². The van der Waals surface area contributed by atoms with Crippen LogP contribution in [0.5, 0.6) is 0 Å². The van der Waals surface area contributed by atoms with Crippen molar-refractivity contribution in [3.05, 3.63) is 77.9 Å². The summed E-state index contributed by atoms with van der Waals surface area (Å²) in [5.74, 6) is 0.0151. The number of carbonyl (C=O) groups excluding carboxylic acids is 1. The second-order valence-corrected chi connectivity index (χ2v) is 6.92. The number of anilines is 1. The monoisotopic (exact) mass is 394 g/mol. The lowest BCUT2D eigenvalue weighted by Gasteiger charge is -2.35. The van der Waals surface area contributed by atoms with Gasteiger partial charge in [-0.2, -0.15) is 0 Å². The summed E-state index contributed by atoms with van der Waals surface area (Å²) in [7, 11) is 0. The third-order valence-electron chi connectivity index (χ3n) is 5.05. The summed E-state index contributed by atoms with van der Waals surface area (Å²) in [6.07, 6.45) is 0.0683. The molecule has 0 atom stereocenters. The molecule has 148 valence electrons. The molecule has 1 aromatic heterocycles. The molecule has 0 unspecified atom stereocenters. The highest BCUT2D eigenvalue weighted by molar-refractivity contribution is 5.79. The molecule has 4 rings (SSSR count). The lowest BCUT2D eigenvalue weighted by atomic mass is 10.1. The lowest BCUT2D eigenvalue weighted by Crippen LogP contribution is -2.49. The molecule has 0 saturated carbocycles. The number of carbonyl (C=O) groups is 1. The first-order valence-electron chi connectivity index (χ1n) is 9.46. The predicted octanol–water partition coefficient (Wildman–Crippen LogP) is 3.31. The van der Waals surface area contributed by atoms with Crippen molar-refractivity contribution in [2.45, 2.75) is 6.42 Å². The summed E-state index contributed by atoms with van der Waals surface area (Å²) < 4.78 is 26.8. The quantitative estimate of drug-likeness (QED) is 0.681. The van der Waals surface area contributed by atoms with Gasteiger partial charge < -0.3 is 9.80 Å². The van der Waals surface area contributed by atoms with Crippen LogP contribution in [0.15, 0.2) is 60.7 Å². The average Bonchev–Trinajstić information content (AvgIpc) is 2.76. The van der Waals surface area contributed by atoms with E-state index in [2.05, 4.69) is 15.1 Å². The van der Waals surface area contributed by atoms with Crippen LogP contribution in [0.3, 0.4) is 0 Å². The minimum Gasteiger partial charge on any atom is -0.352 e. The largest absolute Gasteiger partial charge is 0.352 e. The fourth-order valence-corrected chi connectivity index (χ4v) is 3.37. The Kier molecular flexibility index (Phi) is 5.46. The van der Waals surface area contributed by atoms with Crippen LogP contribution in [0.2, 0.25) is 0 Å². The van der Waals surface area contributed by atoms with Gasteiger partial charge in [-0.1, -0.05) is 18.2 Å². The van der Waals surface area contributed by atoms with Crippen molar-refractivity contribution in [2.75, 3.05) is 31.1 Å². The van der Waals surface area contributed by atoms with E-state index in [0.717, 1.165) is 11.4 Å². The Labute approximate surface area is 167 Å². The Bertz CT molecular complexity index is 984. The van der Waals surface area contributed by atoms with E-state index in [9.17, 15) is 13.6 Å². The number of hydrogen-bond donors (Lipinski definition) is 0. The van der Waals surface area contributed by atoms with Crippen LogP contribution in [-0.2, 0) is 11.2 Å². The maximum atomic E-state index is 13.8. The maximum Gasteiger partial charge on any atom is 0.227 e. The zero-order valence-corrected chi connectivity index (χ0v) is 15.8. The molecule has 29 heavy (non-hydrogen) atoms. The Morgan fingerprint density at radius 2 is 1.59 bits per heavy atom. The molecule has 0 N–H and O–H groups in total. The molecule has 3 aromatic rings. The second kappa shape index (κ2) is 8.34. The average molecular weight is 394 g/mol. The molecule has 5 nitrogen and oxygen atoms in total. The molecule has 2 heterocycles. The summed E-state index contributed by atoms with van der Waals surface area (Å²) in [5.41, 5.74) is 1.89. The SMILES string of the molecule is O=C(Cc1ccccc1F)N1CCN(c2ccc(-c3ccc(F)cc3)nn2)CC1. The first kappa shape index (κ1) is 19.0. The van der Waals surface area contributed by atoms with Gasteiger partial charge in [0, 0.05) is 31.7 Å². The van der Waals surface area contributed by atoms with Gasteiger partial charge in [0.15, 0.2) is 5.82 Å². The van der Waals surface area contributed by atoms with E-state index in [4.69, 9.17) is 0 Å². The van der Waals surface area contributed by atoms with Crippen molar-refractivity contribution in [1.29, 1.82) is 0 Å². The molecular formula is C22H20F2N4O. The zero-order chi connectivity index (χ0) is 20.2. The van der Waals surface area contributed by atoms with Gasteiger partial charge in [0.25, 0.3) is 0 Å². The molecule has 7 heteroatoms. The Morgan fingerprint density at radius 1 is 0.862 bits per heavy atom. The van der Waals surface area contributed by atoms with Crippen LogP contribution in [0.25, 0.3) is 11.3 Å². The van der Waals surface area contributed by atoms with Crippen molar-refractivity contribution in [2.24, 2.45) is 0 Å². The van der Waals surface area contributed by atoms with E-state index < -0.39 is 0 Å².